The number of ether oxygens (including phenoxy) is 4. The summed E-state index contributed by atoms with van der Waals surface area (Å²) in [6.07, 6.45) is -2.75. The van der Waals surface area contributed by atoms with E-state index in [4.69, 9.17) is 18.9 Å². The minimum Gasteiger partial charge on any atom is -0.497 e. The first-order chi connectivity index (χ1) is 17.0. The highest BCUT2D eigenvalue weighted by Gasteiger charge is 2.45. The molecule has 8 heteroatoms. The molecular formula is C27H32BNO6. The van der Waals surface area contributed by atoms with Crippen LogP contribution in [0.25, 0.3) is 0 Å². The van der Waals surface area contributed by atoms with Gasteiger partial charge in [0.15, 0.2) is 0 Å². The molecule has 1 heterocycles. The van der Waals surface area contributed by atoms with Crippen molar-refractivity contribution in [3.63, 3.8) is 0 Å². The molecule has 1 fully saturated rings. The molecule has 35 heavy (non-hydrogen) atoms. The third-order valence-electron chi connectivity index (χ3n) is 6.50. The van der Waals surface area contributed by atoms with Crippen LogP contribution >= 0.6 is 0 Å². The van der Waals surface area contributed by atoms with Crippen LogP contribution in [0.2, 0.25) is 0 Å². The van der Waals surface area contributed by atoms with E-state index in [-0.39, 0.29) is 6.61 Å². The van der Waals surface area contributed by atoms with Crippen molar-refractivity contribution in [1.82, 2.24) is 5.23 Å². The fourth-order valence-corrected chi connectivity index (χ4v) is 4.61. The first-order valence-corrected chi connectivity index (χ1v) is 11.7. The number of hydrogen-bond acceptors (Lipinski definition) is 7. The van der Waals surface area contributed by atoms with Crippen LogP contribution in [0.5, 0.6) is 11.5 Å². The molecule has 7 nitrogen and oxygen atoms in total. The fourth-order valence-electron chi connectivity index (χ4n) is 4.61. The van der Waals surface area contributed by atoms with Crippen LogP contribution < -0.4 is 14.7 Å². The number of aliphatic hydroxyl groups excluding tert-OH is 2. The molecule has 0 bridgehead atoms. The van der Waals surface area contributed by atoms with Crippen LogP contribution in [0.4, 0.5) is 0 Å². The van der Waals surface area contributed by atoms with Gasteiger partial charge in [-0.2, -0.15) is 0 Å². The lowest BCUT2D eigenvalue weighted by molar-refractivity contribution is -0.0755. The van der Waals surface area contributed by atoms with Gasteiger partial charge in [0, 0.05) is 0 Å². The highest BCUT2D eigenvalue weighted by Crippen LogP contribution is 2.42. The minimum absolute atomic E-state index is 0.0609. The Bertz CT molecular complexity index is 1020. The lowest BCUT2D eigenvalue weighted by Crippen LogP contribution is -2.40. The maximum Gasteiger partial charge on any atom is 0.237 e. The lowest BCUT2D eigenvalue weighted by Gasteiger charge is -2.37. The maximum absolute atomic E-state index is 10.7. The summed E-state index contributed by atoms with van der Waals surface area (Å²) in [5, 5.41) is 24.1. The summed E-state index contributed by atoms with van der Waals surface area (Å²) < 4.78 is 23.5. The third-order valence-corrected chi connectivity index (χ3v) is 6.50. The molecule has 0 radical (unpaired) electrons. The molecule has 0 amide bonds. The summed E-state index contributed by atoms with van der Waals surface area (Å²) in [6, 6.07) is 24.9. The van der Waals surface area contributed by atoms with Crippen molar-refractivity contribution in [2.24, 2.45) is 0 Å². The molecule has 0 saturated carbocycles. The average molecular weight is 477 g/mol. The van der Waals surface area contributed by atoms with Gasteiger partial charge in [-0.1, -0.05) is 54.6 Å². The van der Waals surface area contributed by atoms with E-state index in [9.17, 15) is 10.2 Å². The molecule has 4 atom stereocenters. The summed E-state index contributed by atoms with van der Waals surface area (Å²) >= 11 is 0. The van der Waals surface area contributed by atoms with Gasteiger partial charge in [-0.05, 0) is 48.0 Å². The van der Waals surface area contributed by atoms with Gasteiger partial charge >= 0.3 is 0 Å². The highest BCUT2D eigenvalue weighted by molar-refractivity contribution is 6.34. The minimum atomic E-state index is -1.06. The molecule has 0 aliphatic carbocycles. The molecule has 3 aromatic rings. The fraction of sp³-hybridized carbons (Fsp3) is 0.333. The van der Waals surface area contributed by atoms with Crippen LogP contribution in [0.3, 0.4) is 0 Å². The van der Waals surface area contributed by atoms with Gasteiger partial charge < -0.3 is 34.4 Å². The van der Waals surface area contributed by atoms with Gasteiger partial charge in [-0.3, -0.25) is 0 Å². The zero-order chi connectivity index (χ0) is 24.8. The molecule has 1 aliphatic rings. The number of aliphatic hydroxyl groups is 2. The molecule has 4 rings (SSSR count). The molecule has 3 N–H and O–H groups in total. The lowest BCUT2D eigenvalue weighted by atomic mass is 9.80. The van der Waals surface area contributed by atoms with Gasteiger partial charge in [0.05, 0.1) is 26.8 Å². The summed E-state index contributed by atoms with van der Waals surface area (Å²) in [7, 11) is 5.46. The number of nitrogens with one attached hydrogen (secondary N) is 1. The smallest absolute Gasteiger partial charge is 0.237 e. The normalized spacial score (nSPS) is 22.1. The van der Waals surface area contributed by atoms with Crippen LogP contribution in [-0.2, 0) is 15.1 Å². The van der Waals surface area contributed by atoms with Crippen molar-refractivity contribution in [3.05, 3.63) is 95.6 Å². The summed E-state index contributed by atoms with van der Waals surface area (Å²) in [6.45, 7) is 0.0609. The molecule has 3 aromatic carbocycles. The van der Waals surface area contributed by atoms with Gasteiger partial charge in [0.1, 0.15) is 35.4 Å². The van der Waals surface area contributed by atoms with Gasteiger partial charge in [0.2, 0.25) is 7.41 Å². The highest BCUT2D eigenvalue weighted by atomic mass is 16.6. The third kappa shape index (κ3) is 5.08. The molecular weight excluding hydrogens is 445 g/mol. The number of methoxy groups -OCH3 is 2. The van der Waals surface area contributed by atoms with E-state index < -0.39 is 29.9 Å². The monoisotopic (exact) mass is 477 g/mol. The largest absolute Gasteiger partial charge is 0.497 e. The SMILES string of the molecule is CNB[C@@H]1O[C@H](COC(c2ccccc2)(c2ccc(OC)cc2)c2ccc(OC)cc2)[C@H](O)C1O. The van der Waals surface area contributed by atoms with E-state index in [2.05, 4.69) is 5.23 Å². The quantitative estimate of drug-likeness (QED) is 0.304. The van der Waals surface area contributed by atoms with E-state index in [0.29, 0.717) is 7.41 Å². The Morgan fingerprint density at radius 1 is 0.800 bits per heavy atom. The predicted molar refractivity (Wildman–Crippen MR) is 135 cm³/mol. The molecule has 0 aromatic heterocycles. The van der Waals surface area contributed by atoms with Crippen molar-refractivity contribution < 1.29 is 29.2 Å². The van der Waals surface area contributed by atoms with E-state index in [1.165, 1.54) is 0 Å². The van der Waals surface area contributed by atoms with E-state index >= 15 is 0 Å². The summed E-state index contributed by atoms with van der Waals surface area (Å²) in [5.74, 6) is 1.47. The van der Waals surface area contributed by atoms with Crippen molar-refractivity contribution in [1.29, 1.82) is 0 Å². The maximum atomic E-state index is 10.7. The Labute approximate surface area is 206 Å². The van der Waals surface area contributed by atoms with Crippen LogP contribution in [0.15, 0.2) is 78.9 Å². The number of hydrogen-bond donors (Lipinski definition) is 3. The number of rotatable bonds is 10. The topological polar surface area (TPSA) is 89.4 Å². The van der Waals surface area contributed by atoms with E-state index in [0.717, 1.165) is 28.2 Å². The Morgan fingerprint density at radius 3 is 1.80 bits per heavy atom. The Kier molecular flexibility index (Phi) is 8.10. The standard InChI is InChI=1S/C27H32BNO6/c1-29-28-26-25(31)24(30)23(35-26)17-34-27(18-7-5-4-6-8-18,19-9-13-21(32-2)14-10-19)20-11-15-22(33-3)16-12-20/h4-16,23-26,28-31H,17H2,1-3H3/t23-,24+,25?,26-/m1/s1. The summed E-state index contributed by atoms with van der Waals surface area (Å²) in [5.41, 5.74) is 1.66. The first-order valence-electron chi connectivity index (χ1n) is 11.7. The Hall–Kier alpha value is -2.88. The van der Waals surface area contributed by atoms with E-state index in [1.54, 1.807) is 21.3 Å². The molecule has 1 aliphatic heterocycles. The molecule has 1 saturated heterocycles. The average Bonchev–Trinajstić information content (AvgIpc) is 3.18. The van der Waals surface area contributed by atoms with E-state index in [1.807, 2.05) is 78.9 Å². The van der Waals surface area contributed by atoms with Crippen molar-refractivity contribution in [2.75, 3.05) is 27.9 Å². The Morgan fingerprint density at radius 2 is 1.31 bits per heavy atom. The predicted octanol–water partition coefficient (Wildman–Crippen LogP) is 2.03. The zero-order valence-electron chi connectivity index (χ0n) is 20.3. The second-order valence-electron chi connectivity index (χ2n) is 8.57. The van der Waals surface area contributed by atoms with Gasteiger partial charge in [-0.15, -0.1) is 0 Å². The van der Waals surface area contributed by atoms with Crippen LogP contribution in [-0.4, -0.2) is 69.8 Å². The second-order valence-corrected chi connectivity index (χ2v) is 8.57. The molecule has 1 unspecified atom stereocenters. The molecule has 0 spiro atoms. The van der Waals surface area contributed by atoms with Gasteiger partial charge in [0.25, 0.3) is 0 Å². The van der Waals surface area contributed by atoms with Gasteiger partial charge in [-0.25, -0.2) is 0 Å². The van der Waals surface area contributed by atoms with Crippen LogP contribution in [0, 0.1) is 0 Å². The number of benzene rings is 3. The van der Waals surface area contributed by atoms with Crippen molar-refractivity contribution in [3.8, 4) is 11.5 Å². The Balaban J connectivity index is 1.79. The van der Waals surface area contributed by atoms with Crippen LogP contribution in [0.1, 0.15) is 16.7 Å². The van der Waals surface area contributed by atoms with Crippen molar-refractivity contribution >= 4 is 7.41 Å². The first kappa shape index (κ1) is 25.2. The zero-order valence-corrected chi connectivity index (χ0v) is 20.3. The second kappa shape index (κ2) is 11.2. The van der Waals surface area contributed by atoms with Crippen molar-refractivity contribution in [2.45, 2.75) is 29.9 Å². The summed E-state index contributed by atoms with van der Waals surface area (Å²) in [4.78, 5) is 0. The molecule has 184 valence electrons.